The van der Waals surface area contributed by atoms with Gasteiger partial charge in [0.15, 0.2) is 0 Å². The summed E-state index contributed by atoms with van der Waals surface area (Å²) < 4.78 is 1.95. The molecule has 0 aromatic carbocycles. The van der Waals surface area contributed by atoms with Crippen molar-refractivity contribution in [3.05, 3.63) is 36.2 Å². The molecular formula is C12H19N3O. The summed E-state index contributed by atoms with van der Waals surface area (Å²) in [4.78, 5) is 11.8. The van der Waals surface area contributed by atoms with Crippen molar-refractivity contribution >= 4 is 5.91 Å². The van der Waals surface area contributed by atoms with Gasteiger partial charge in [-0.2, -0.15) is 0 Å². The molecule has 1 heterocycles. The highest BCUT2D eigenvalue weighted by Crippen LogP contribution is 2.10. The zero-order valence-corrected chi connectivity index (χ0v) is 9.81. The highest BCUT2D eigenvalue weighted by atomic mass is 16.1. The van der Waals surface area contributed by atoms with Crippen molar-refractivity contribution in [2.45, 2.75) is 19.9 Å². The van der Waals surface area contributed by atoms with E-state index in [0.717, 1.165) is 0 Å². The average molecular weight is 221 g/mol. The molecule has 1 aromatic heterocycles. The number of carbonyl (C=O) groups is 1. The molecule has 0 unspecified atom stereocenters. The number of aromatic nitrogens is 1. The van der Waals surface area contributed by atoms with Crippen LogP contribution in [0.3, 0.4) is 0 Å². The lowest BCUT2D eigenvalue weighted by Gasteiger charge is -2.12. The van der Waals surface area contributed by atoms with E-state index >= 15 is 0 Å². The molecule has 1 amide bonds. The normalized spacial score (nSPS) is 11.2. The molecule has 0 aliphatic heterocycles. The molecule has 4 nitrogen and oxygen atoms in total. The molecule has 16 heavy (non-hydrogen) atoms. The van der Waals surface area contributed by atoms with Crippen LogP contribution in [0.5, 0.6) is 0 Å². The zero-order valence-electron chi connectivity index (χ0n) is 9.81. The standard InChI is InChI=1S/C12H19N3O/c1-10(2)15-9-5-6-11(15)12(16)14-8-4-3-7-13/h3-6,9-10H,7-8,13H2,1-2H3,(H,14,16)/b4-3+. The molecule has 0 aliphatic carbocycles. The summed E-state index contributed by atoms with van der Waals surface area (Å²) in [6, 6.07) is 3.99. The number of carbonyl (C=O) groups excluding carboxylic acids is 1. The van der Waals surface area contributed by atoms with Crippen molar-refractivity contribution < 1.29 is 4.79 Å². The number of nitrogens with one attached hydrogen (secondary N) is 1. The molecule has 1 rings (SSSR count). The average Bonchev–Trinajstić information content (AvgIpc) is 2.73. The van der Waals surface area contributed by atoms with E-state index < -0.39 is 0 Å². The highest BCUT2D eigenvalue weighted by Gasteiger charge is 2.10. The minimum atomic E-state index is -0.0552. The second kappa shape index (κ2) is 6.12. The lowest BCUT2D eigenvalue weighted by atomic mass is 10.3. The second-order valence-electron chi connectivity index (χ2n) is 3.81. The zero-order chi connectivity index (χ0) is 12.0. The minimum absolute atomic E-state index is 0.0552. The molecule has 1 aromatic rings. The Hall–Kier alpha value is -1.55. The fourth-order valence-electron chi connectivity index (χ4n) is 1.46. The summed E-state index contributed by atoms with van der Waals surface area (Å²) >= 11 is 0. The van der Waals surface area contributed by atoms with E-state index in [-0.39, 0.29) is 11.9 Å². The Morgan fingerprint density at radius 1 is 1.56 bits per heavy atom. The maximum Gasteiger partial charge on any atom is 0.268 e. The van der Waals surface area contributed by atoms with Gasteiger partial charge < -0.3 is 15.6 Å². The van der Waals surface area contributed by atoms with E-state index in [0.29, 0.717) is 18.8 Å². The van der Waals surface area contributed by atoms with E-state index in [9.17, 15) is 4.79 Å². The van der Waals surface area contributed by atoms with Gasteiger partial charge in [0.2, 0.25) is 0 Å². The predicted molar refractivity (Wildman–Crippen MR) is 65.3 cm³/mol. The Morgan fingerprint density at radius 2 is 2.31 bits per heavy atom. The van der Waals surface area contributed by atoms with Gasteiger partial charge in [-0.05, 0) is 26.0 Å². The Bertz CT molecular complexity index is 366. The molecule has 0 saturated carbocycles. The van der Waals surface area contributed by atoms with Crippen LogP contribution in [0.2, 0.25) is 0 Å². The van der Waals surface area contributed by atoms with Crippen molar-refractivity contribution in [2.24, 2.45) is 5.73 Å². The number of nitrogens with zero attached hydrogens (tertiary/aromatic N) is 1. The van der Waals surface area contributed by atoms with Crippen molar-refractivity contribution in [3.63, 3.8) is 0 Å². The Balaban J connectivity index is 2.59. The predicted octanol–water partition coefficient (Wildman–Crippen LogP) is 1.31. The van der Waals surface area contributed by atoms with E-state index in [2.05, 4.69) is 5.32 Å². The molecule has 0 atom stereocenters. The minimum Gasteiger partial charge on any atom is -0.347 e. The fourth-order valence-corrected chi connectivity index (χ4v) is 1.46. The lowest BCUT2D eigenvalue weighted by molar-refractivity contribution is 0.0947. The third-order valence-electron chi connectivity index (χ3n) is 2.25. The smallest absolute Gasteiger partial charge is 0.268 e. The Kier molecular flexibility index (Phi) is 4.79. The van der Waals surface area contributed by atoms with Gasteiger partial charge >= 0.3 is 0 Å². The Morgan fingerprint density at radius 3 is 2.94 bits per heavy atom. The fraction of sp³-hybridized carbons (Fsp3) is 0.417. The van der Waals surface area contributed by atoms with Crippen LogP contribution in [0.4, 0.5) is 0 Å². The van der Waals surface area contributed by atoms with Gasteiger partial charge in [0.1, 0.15) is 5.69 Å². The highest BCUT2D eigenvalue weighted by molar-refractivity contribution is 5.92. The molecule has 0 aliphatic rings. The van der Waals surface area contributed by atoms with Gasteiger partial charge in [-0.25, -0.2) is 0 Å². The Labute approximate surface area is 96.1 Å². The van der Waals surface area contributed by atoms with Gasteiger partial charge in [-0.3, -0.25) is 4.79 Å². The van der Waals surface area contributed by atoms with Gasteiger partial charge in [0, 0.05) is 25.3 Å². The third kappa shape index (κ3) is 3.24. The SMILES string of the molecule is CC(C)n1cccc1C(=O)NC/C=C/CN. The summed E-state index contributed by atoms with van der Waals surface area (Å²) in [6.45, 7) is 5.10. The number of rotatable bonds is 5. The lowest BCUT2D eigenvalue weighted by Crippen LogP contribution is -2.26. The number of hydrogen-bond acceptors (Lipinski definition) is 2. The quantitative estimate of drug-likeness (QED) is 0.736. The van der Waals surface area contributed by atoms with Gasteiger partial charge in [0.05, 0.1) is 0 Å². The van der Waals surface area contributed by atoms with Crippen LogP contribution in [-0.4, -0.2) is 23.6 Å². The first kappa shape index (κ1) is 12.5. The first-order valence-corrected chi connectivity index (χ1v) is 5.47. The van der Waals surface area contributed by atoms with Crippen LogP contribution in [-0.2, 0) is 0 Å². The molecular weight excluding hydrogens is 202 g/mol. The van der Waals surface area contributed by atoms with Crippen molar-refractivity contribution in [1.82, 2.24) is 9.88 Å². The summed E-state index contributed by atoms with van der Waals surface area (Å²) in [5.74, 6) is -0.0552. The van der Waals surface area contributed by atoms with Crippen molar-refractivity contribution in [1.29, 1.82) is 0 Å². The van der Waals surface area contributed by atoms with Gasteiger partial charge in [-0.1, -0.05) is 12.2 Å². The first-order chi connectivity index (χ1) is 7.66. The van der Waals surface area contributed by atoms with Crippen LogP contribution >= 0.6 is 0 Å². The number of hydrogen-bond donors (Lipinski definition) is 2. The van der Waals surface area contributed by atoms with Crippen molar-refractivity contribution in [3.8, 4) is 0 Å². The molecule has 0 bridgehead atoms. The first-order valence-electron chi connectivity index (χ1n) is 5.47. The molecule has 0 fully saturated rings. The third-order valence-corrected chi connectivity index (χ3v) is 2.25. The van der Waals surface area contributed by atoms with Crippen LogP contribution in [0.25, 0.3) is 0 Å². The van der Waals surface area contributed by atoms with E-state index in [1.54, 1.807) is 0 Å². The van der Waals surface area contributed by atoms with Crippen molar-refractivity contribution in [2.75, 3.05) is 13.1 Å². The maximum absolute atomic E-state index is 11.8. The van der Waals surface area contributed by atoms with Crippen LogP contribution in [0.1, 0.15) is 30.4 Å². The number of nitrogens with two attached hydrogens (primary N) is 1. The summed E-state index contributed by atoms with van der Waals surface area (Å²) in [5.41, 5.74) is 5.99. The maximum atomic E-state index is 11.8. The molecule has 3 N–H and O–H groups in total. The van der Waals surface area contributed by atoms with Crippen LogP contribution in [0.15, 0.2) is 30.5 Å². The molecule has 88 valence electrons. The topological polar surface area (TPSA) is 60.0 Å². The van der Waals surface area contributed by atoms with E-state index in [1.165, 1.54) is 0 Å². The second-order valence-corrected chi connectivity index (χ2v) is 3.81. The van der Waals surface area contributed by atoms with Crippen LogP contribution in [0, 0.1) is 0 Å². The van der Waals surface area contributed by atoms with Gasteiger partial charge in [-0.15, -0.1) is 0 Å². The largest absolute Gasteiger partial charge is 0.347 e. The summed E-state index contributed by atoms with van der Waals surface area (Å²) in [7, 11) is 0. The summed E-state index contributed by atoms with van der Waals surface area (Å²) in [5, 5.41) is 2.81. The van der Waals surface area contributed by atoms with E-state index in [4.69, 9.17) is 5.73 Å². The summed E-state index contributed by atoms with van der Waals surface area (Å²) in [6.07, 6.45) is 5.58. The van der Waals surface area contributed by atoms with Gasteiger partial charge in [0.25, 0.3) is 5.91 Å². The monoisotopic (exact) mass is 221 g/mol. The molecule has 4 heteroatoms. The molecule has 0 spiro atoms. The van der Waals surface area contributed by atoms with E-state index in [1.807, 2.05) is 48.9 Å². The molecule has 0 saturated heterocycles. The van der Waals surface area contributed by atoms with Crippen LogP contribution < -0.4 is 11.1 Å². The number of amides is 1. The molecule has 0 radical (unpaired) electrons.